The van der Waals surface area contributed by atoms with Gasteiger partial charge in [0.2, 0.25) is 0 Å². The first-order chi connectivity index (χ1) is 8.11. The number of aliphatic imine (C=N–C) groups is 1. The molecular weight excluding hydrogens is 214 g/mol. The lowest BCUT2D eigenvalue weighted by Gasteiger charge is -2.24. The third-order valence-corrected chi connectivity index (χ3v) is 3.70. The first kappa shape index (κ1) is 12.7. The van der Waals surface area contributed by atoms with Crippen molar-refractivity contribution in [2.75, 3.05) is 33.3 Å². The van der Waals surface area contributed by atoms with Crippen molar-refractivity contribution in [2.24, 2.45) is 10.4 Å². The van der Waals surface area contributed by atoms with E-state index in [1.807, 2.05) is 7.05 Å². The van der Waals surface area contributed by atoms with Gasteiger partial charge in [-0.05, 0) is 24.7 Å². The smallest absolute Gasteiger partial charge is 0.193 e. The summed E-state index contributed by atoms with van der Waals surface area (Å²) >= 11 is 0. The van der Waals surface area contributed by atoms with Gasteiger partial charge in [-0.2, -0.15) is 0 Å². The van der Waals surface area contributed by atoms with E-state index in [0.29, 0.717) is 11.5 Å². The molecule has 2 saturated heterocycles. The van der Waals surface area contributed by atoms with Crippen molar-refractivity contribution in [3.05, 3.63) is 0 Å². The normalized spacial score (nSPS) is 28.8. The van der Waals surface area contributed by atoms with Gasteiger partial charge in [-0.3, -0.25) is 4.99 Å². The summed E-state index contributed by atoms with van der Waals surface area (Å²) < 4.78 is 5.62. The first-order valence-electron chi connectivity index (χ1n) is 6.68. The van der Waals surface area contributed by atoms with Gasteiger partial charge >= 0.3 is 0 Å². The molecule has 0 radical (unpaired) electrons. The highest BCUT2D eigenvalue weighted by Crippen LogP contribution is 2.28. The van der Waals surface area contributed by atoms with Crippen LogP contribution in [0.3, 0.4) is 0 Å². The van der Waals surface area contributed by atoms with Crippen molar-refractivity contribution >= 4 is 5.96 Å². The maximum Gasteiger partial charge on any atom is 0.193 e. The third-order valence-electron chi connectivity index (χ3n) is 3.70. The minimum absolute atomic E-state index is 0.377. The average molecular weight is 239 g/mol. The van der Waals surface area contributed by atoms with Crippen LogP contribution in [-0.2, 0) is 4.74 Å². The van der Waals surface area contributed by atoms with E-state index in [9.17, 15) is 0 Å². The molecule has 0 amide bonds. The summed E-state index contributed by atoms with van der Waals surface area (Å²) in [5.74, 6) is 1.03. The van der Waals surface area contributed by atoms with Crippen LogP contribution < -0.4 is 5.32 Å². The lowest BCUT2D eigenvalue weighted by molar-refractivity contribution is 0.113. The number of guanidine groups is 1. The lowest BCUT2D eigenvalue weighted by atomic mass is 9.93. The molecule has 0 bridgehead atoms. The highest BCUT2D eigenvalue weighted by atomic mass is 16.5. The molecule has 1 N–H and O–H groups in total. The molecule has 1 unspecified atom stereocenters. The molecule has 2 fully saturated rings. The van der Waals surface area contributed by atoms with Crippen molar-refractivity contribution in [3.63, 3.8) is 0 Å². The maximum atomic E-state index is 5.62. The molecule has 4 nitrogen and oxygen atoms in total. The number of hydrogen-bond donors (Lipinski definition) is 1. The Balaban J connectivity index is 1.81. The summed E-state index contributed by atoms with van der Waals surface area (Å²) in [6, 6.07) is 0. The highest BCUT2D eigenvalue weighted by Gasteiger charge is 2.31. The molecule has 0 aliphatic carbocycles. The Bertz CT molecular complexity index is 282. The SMILES string of the molecule is CN=C(NCC1CCCO1)N1CCC(C)(C)C1. The Labute approximate surface area is 104 Å². The van der Waals surface area contributed by atoms with Crippen LogP contribution in [0.5, 0.6) is 0 Å². The number of ether oxygens (including phenoxy) is 1. The van der Waals surface area contributed by atoms with E-state index in [1.54, 1.807) is 0 Å². The van der Waals surface area contributed by atoms with Gasteiger partial charge in [0.05, 0.1) is 6.10 Å². The van der Waals surface area contributed by atoms with Gasteiger partial charge < -0.3 is 15.0 Å². The van der Waals surface area contributed by atoms with Gasteiger partial charge in [-0.25, -0.2) is 0 Å². The predicted octanol–water partition coefficient (Wildman–Crippen LogP) is 1.47. The van der Waals surface area contributed by atoms with Gasteiger partial charge in [0, 0.05) is 33.3 Å². The molecule has 4 heteroatoms. The second-order valence-corrected chi connectivity index (χ2v) is 5.90. The molecule has 0 aromatic carbocycles. The Hall–Kier alpha value is -0.770. The summed E-state index contributed by atoms with van der Waals surface area (Å²) in [6.07, 6.45) is 3.99. The van der Waals surface area contributed by atoms with Crippen LogP contribution in [0.2, 0.25) is 0 Å². The summed E-state index contributed by atoms with van der Waals surface area (Å²) in [6.45, 7) is 8.66. The lowest BCUT2D eigenvalue weighted by Crippen LogP contribution is -2.43. The van der Waals surface area contributed by atoms with Crippen molar-refractivity contribution < 1.29 is 4.74 Å². The van der Waals surface area contributed by atoms with Crippen LogP contribution in [0.1, 0.15) is 33.1 Å². The van der Waals surface area contributed by atoms with Gasteiger partial charge in [0.25, 0.3) is 0 Å². The zero-order valence-corrected chi connectivity index (χ0v) is 11.3. The van der Waals surface area contributed by atoms with E-state index in [2.05, 4.69) is 29.1 Å². The molecule has 98 valence electrons. The molecule has 2 aliphatic heterocycles. The maximum absolute atomic E-state index is 5.62. The summed E-state index contributed by atoms with van der Waals surface area (Å²) in [5, 5.41) is 3.44. The fourth-order valence-electron chi connectivity index (χ4n) is 2.64. The van der Waals surface area contributed by atoms with Crippen molar-refractivity contribution in [1.29, 1.82) is 0 Å². The van der Waals surface area contributed by atoms with Crippen molar-refractivity contribution in [1.82, 2.24) is 10.2 Å². The molecule has 2 rings (SSSR count). The monoisotopic (exact) mass is 239 g/mol. The molecule has 17 heavy (non-hydrogen) atoms. The fourth-order valence-corrected chi connectivity index (χ4v) is 2.64. The number of rotatable bonds is 2. The Morgan fingerprint density at radius 3 is 2.88 bits per heavy atom. The summed E-state index contributed by atoms with van der Waals surface area (Å²) in [7, 11) is 1.86. The van der Waals surface area contributed by atoms with Gasteiger partial charge in [0.15, 0.2) is 5.96 Å². The quantitative estimate of drug-likeness (QED) is 0.586. The molecule has 0 spiro atoms. The Morgan fingerprint density at radius 2 is 2.35 bits per heavy atom. The Morgan fingerprint density at radius 1 is 1.53 bits per heavy atom. The minimum Gasteiger partial charge on any atom is -0.376 e. The molecule has 0 aromatic heterocycles. The highest BCUT2D eigenvalue weighted by molar-refractivity contribution is 5.80. The van der Waals surface area contributed by atoms with Gasteiger partial charge in [-0.1, -0.05) is 13.8 Å². The molecule has 0 aromatic rings. The van der Waals surface area contributed by atoms with Crippen LogP contribution in [0.15, 0.2) is 4.99 Å². The Kier molecular flexibility index (Phi) is 3.92. The first-order valence-corrected chi connectivity index (χ1v) is 6.68. The molecule has 1 atom stereocenters. The van der Waals surface area contributed by atoms with Crippen LogP contribution in [0, 0.1) is 5.41 Å². The summed E-state index contributed by atoms with van der Waals surface area (Å²) in [5.41, 5.74) is 0.418. The zero-order valence-electron chi connectivity index (χ0n) is 11.3. The number of likely N-dealkylation sites (tertiary alicyclic amines) is 1. The van der Waals surface area contributed by atoms with E-state index in [0.717, 1.165) is 32.2 Å². The zero-order chi connectivity index (χ0) is 12.3. The van der Waals surface area contributed by atoms with Gasteiger partial charge in [-0.15, -0.1) is 0 Å². The second kappa shape index (κ2) is 5.25. The van der Waals surface area contributed by atoms with Crippen molar-refractivity contribution in [3.8, 4) is 0 Å². The van der Waals surface area contributed by atoms with Gasteiger partial charge in [0.1, 0.15) is 0 Å². The van der Waals surface area contributed by atoms with E-state index in [4.69, 9.17) is 4.74 Å². The second-order valence-electron chi connectivity index (χ2n) is 5.90. The van der Waals surface area contributed by atoms with Crippen LogP contribution in [-0.4, -0.2) is 50.3 Å². The fraction of sp³-hybridized carbons (Fsp3) is 0.923. The molecular formula is C13H25N3O. The molecule has 0 saturated carbocycles. The summed E-state index contributed by atoms with van der Waals surface area (Å²) in [4.78, 5) is 6.73. The molecule has 2 heterocycles. The van der Waals surface area contributed by atoms with Crippen molar-refractivity contribution in [2.45, 2.75) is 39.2 Å². The average Bonchev–Trinajstić information content (AvgIpc) is 2.89. The largest absolute Gasteiger partial charge is 0.376 e. The third kappa shape index (κ3) is 3.35. The van der Waals surface area contributed by atoms with E-state index >= 15 is 0 Å². The van der Waals surface area contributed by atoms with Crippen LogP contribution >= 0.6 is 0 Å². The minimum atomic E-state index is 0.377. The molecule has 2 aliphatic rings. The number of hydrogen-bond acceptors (Lipinski definition) is 2. The topological polar surface area (TPSA) is 36.9 Å². The standard InChI is InChI=1S/C13H25N3O/c1-13(2)6-7-16(10-13)12(14-3)15-9-11-5-4-8-17-11/h11H,4-10H2,1-3H3,(H,14,15). The predicted molar refractivity (Wildman–Crippen MR) is 70.3 cm³/mol. The van der Waals surface area contributed by atoms with Crippen LogP contribution in [0.25, 0.3) is 0 Å². The van der Waals surface area contributed by atoms with E-state index < -0.39 is 0 Å². The number of nitrogens with one attached hydrogen (secondary N) is 1. The number of nitrogens with zero attached hydrogens (tertiary/aromatic N) is 2. The van der Waals surface area contributed by atoms with E-state index in [1.165, 1.54) is 19.3 Å². The van der Waals surface area contributed by atoms with E-state index in [-0.39, 0.29) is 0 Å². The van der Waals surface area contributed by atoms with Crippen LogP contribution in [0.4, 0.5) is 0 Å².